The maximum Gasteiger partial charge on any atom is 0.243 e. The number of halogens is 1. The molecule has 4 nitrogen and oxygen atoms in total. The molecule has 1 rings (SSSR count). The molecule has 2 N–H and O–H groups in total. The second kappa shape index (κ2) is 5.35. The fraction of sp³-hybridized carbons (Fsp3) is 0.455. The van der Waals surface area contributed by atoms with Crippen LogP contribution in [0, 0.1) is 6.92 Å². The van der Waals surface area contributed by atoms with Crippen molar-refractivity contribution < 1.29 is 8.42 Å². The van der Waals surface area contributed by atoms with Crippen molar-refractivity contribution in [3.63, 3.8) is 0 Å². The van der Waals surface area contributed by atoms with E-state index in [9.17, 15) is 8.42 Å². The zero-order valence-corrected chi connectivity index (χ0v) is 11.7. The lowest BCUT2D eigenvalue weighted by Gasteiger charge is -2.23. The number of nitrogens with two attached hydrogens (primary N) is 1. The summed E-state index contributed by atoms with van der Waals surface area (Å²) in [5.41, 5.74) is 6.16. The monoisotopic (exact) mass is 276 g/mol. The lowest BCUT2D eigenvalue weighted by atomic mass is 10.2. The Morgan fingerprint density at radius 3 is 2.59 bits per heavy atom. The van der Waals surface area contributed by atoms with Gasteiger partial charge in [0.2, 0.25) is 10.0 Å². The van der Waals surface area contributed by atoms with Crippen molar-refractivity contribution in [2.24, 2.45) is 5.73 Å². The number of sulfonamides is 1. The van der Waals surface area contributed by atoms with Gasteiger partial charge < -0.3 is 5.73 Å². The van der Waals surface area contributed by atoms with Crippen LogP contribution in [0.3, 0.4) is 0 Å². The summed E-state index contributed by atoms with van der Waals surface area (Å²) in [6.07, 6.45) is 0. The summed E-state index contributed by atoms with van der Waals surface area (Å²) in [4.78, 5) is 0.229. The standard InChI is InChI=1S/C11H17ClN2O2S/c1-8-4-5-10(12)6-11(8)17(15,16)14(3)9(2)7-13/h4-6,9H,7,13H2,1-3H3. The minimum atomic E-state index is -3.53. The van der Waals surface area contributed by atoms with Crippen molar-refractivity contribution in [3.05, 3.63) is 28.8 Å². The second-order valence-electron chi connectivity index (χ2n) is 4.02. The van der Waals surface area contributed by atoms with Gasteiger partial charge in [0.25, 0.3) is 0 Å². The molecule has 96 valence electrons. The SMILES string of the molecule is Cc1ccc(Cl)cc1S(=O)(=O)N(C)C(C)CN. The number of hydrogen-bond acceptors (Lipinski definition) is 3. The molecule has 0 saturated carbocycles. The lowest BCUT2D eigenvalue weighted by Crippen LogP contribution is -2.39. The van der Waals surface area contributed by atoms with Crippen molar-refractivity contribution in [2.45, 2.75) is 24.8 Å². The molecule has 6 heteroatoms. The van der Waals surface area contributed by atoms with E-state index in [2.05, 4.69) is 0 Å². The topological polar surface area (TPSA) is 63.4 Å². The molecule has 0 aliphatic rings. The van der Waals surface area contributed by atoms with E-state index in [4.69, 9.17) is 17.3 Å². The molecule has 0 aliphatic heterocycles. The summed E-state index contributed by atoms with van der Waals surface area (Å²) in [6, 6.07) is 4.57. The zero-order valence-electron chi connectivity index (χ0n) is 10.1. The first-order chi connectivity index (χ1) is 7.80. The highest BCUT2D eigenvalue weighted by Gasteiger charge is 2.26. The van der Waals surface area contributed by atoms with Gasteiger partial charge in [-0.25, -0.2) is 8.42 Å². The molecule has 0 fully saturated rings. The van der Waals surface area contributed by atoms with Crippen LogP contribution in [-0.2, 0) is 10.0 Å². The maximum atomic E-state index is 12.3. The minimum absolute atomic E-state index is 0.229. The molecular weight excluding hydrogens is 260 g/mol. The Balaban J connectivity index is 3.26. The Labute approximate surface area is 107 Å². The average Bonchev–Trinajstić information content (AvgIpc) is 2.30. The van der Waals surface area contributed by atoms with Crippen molar-refractivity contribution in [2.75, 3.05) is 13.6 Å². The van der Waals surface area contributed by atoms with Gasteiger partial charge in [-0.15, -0.1) is 0 Å². The highest BCUT2D eigenvalue weighted by atomic mass is 35.5. The first kappa shape index (κ1) is 14.4. The Hall–Kier alpha value is -0.620. The largest absolute Gasteiger partial charge is 0.329 e. The molecule has 0 aliphatic carbocycles. The first-order valence-corrected chi connectivity index (χ1v) is 7.06. The van der Waals surface area contributed by atoms with E-state index in [0.717, 1.165) is 0 Å². The van der Waals surface area contributed by atoms with Gasteiger partial charge in [0.1, 0.15) is 0 Å². The smallest absolute Gasteiger partial charge is 0.243 e. The van der Waals surface area contributed by atoms with Gasteiger partial charge in [0.05, 0.1) is 4.90 Å². The average molecular weight is 277 g/mol. The van der Waals surface area contributed by atoms with E-state index in [0.29, 0.717) is 10.6 Å². The summed E-state index contributed by atoms with van der Waals surface area (Å²) in [6.45, 7) is 3.77. The summed E-state index contributed by atoms with van der Waals surface area (Å²) < 4.78 is 25.9. The summed E-state index contributed by atoms with van der Waals surface area (Å²) in [5.74, 6) is 0. The Morgan fingerprint density at radius 2 is 2.06 bits per heavy atom. The third-order valence-corrected chi connectivity index (χ3v) is 5.12. The molecule has 0 aromatic heterocycles. The number of hydrogen-bond donors (Lipinski definition) is 1. The molecule has 0 bridgehead atoms. The predicted octanol–water partition coefficient (Wildman–Crippen LogP) is 1.62. The van der Waals surface area contributed by atoms with Gasteiger partial charge in [0, 0.05) is 24.7 Å². The zero-order chi connectivity index (χ0) is 13.2. The van der Waals surface area contributed by atoms with E-state index in [1.54, 1.807) is 26.0 Å². The van der Waals surface area contributed by atoms with Gasteiger partial charge >= 0.3 is 0 Å². The van der Waals surface area contributed by atoms with Gasteiger partial charge in [-0.2, -0.15) is 4.31 Å². The minimum Gasteiger partial charge on any atom is -0.329 e. The van der Waals surface area contributed by atoms with E-state index in [-0.39, 0.29) is 17.5 Å². The molecule has 0 spiro atoms. The van der Waals surface area contributed by atoms with E-state index in [1.165, 1.54) is 17.4 Å². The van der Waals surface area contributed by atoms with Crippen LogP contribution in [0.4, 0.5) is 0 Å². The van der Waals surface area contributed by atoms with Crippen molar-refractivity contribution in [1.29, 1.82) is 0 Å². The summed E-state index contributed by atoms with van der Waals surface area (Å²) in [5, 5.41) is 0.406. The molecule has 0 saturated heterocycles. The quantitative estimate of drug-likeness (QED) is 0.909. The fourth-order valence-corrected chi connectivity index (χ4v) is 3.25. The van der Waals surface area contributed by atoms with E-state index in [1.807, 2.05) is 0 Å². The fourth-order valence-electron chi connectivity index (χ4n) is 1.39. The van der Waals surface area contributed by atoms with Crippen molar-refractivity contribution >= 4 is 21.6 Å². The normalized spacial score (nSPS) is 14.0. The third kappa shape index (κ3) is 2.98. The molecule has 1 atom stereocenters. The molecule has 1 aromatic carbocycles. The molecule has 1 unspecified atom stereocenters. The van der Waals surface area contributed by atoms with Gasteiger partial charge in [-0.3, -0.25) is 0 Å². The van der Waals surface area contributed by atoms with Gasteiger partial charge in [-0.1, -0.05) is 17.7 Å². The van der Waals surface area contributed by atoms with Crippen LogP contribution < -0.4 is 5.73 Å². The Morgan fingerprint density at radius 1 is 1.47 bits per heavy atom. The van der Waals surface area contributed by atoms with Crippen molar-refractivity contribution in [1.82, 2.24) is 4.31 Å². The molecule has 0 amide bonds. The molecule has 1 aromatic rings. The van der Waals surface area contributed by atoms with Gasteiger partial charge in [0.15, 0.2) is 0 Å². The lowest BCUT2D eigenvalue weighted by molar-refractivity contribution is 0.394. The number of benzene rings is 1. The number of nitrogens with zero attached hydrogens (tertiary/aromatic N) is 1. The summed E-state index contributed by atoms with van der Waals surface area (Å²) >= 11 is 5.83. The maximum absolute atomic E-state index is 12.3. The highest BCUT2D eigenvalue weighted by Crippen LogP contribution is 2.23. The Kier molecular flexibility index (Phi) is 4.55. The second-order valence-corrected chi connectivity index (χ2v) is 6.42. The van der Waals surface area contributed by atoms with Crippen LogP contribution in [0.5, 0.6) is 0 Å². The molecular formula is C11H17ClN2O2S. The number of likely N-dealkylation sites (N-methyl/N-ethyl adjacent to an activating group) is 1. The van der Waals surface area contributed by atoms with Crippen LogP contribution in [0.15, 0.2) is 23.1 Å². The van der Waals surface area contributed by atoms with Crippen molar-refractivity contribution in [3.8, 4) is 0 Å². The van der Waals surface area contributed by atoms with E-state index < -0.39 is 10.0 Å². The third-order valence-electron chi connectivity index (χ3n) is 2.77. The Bertz CT molecular complexity index is 502. The molecule has 17 heavy (non-hydrogen) atoms. The van der Waals surface area contributed by atoms with Crippen LogP contribution in [0.1, 0.15) is 12.5 Å². The predicted molar refractivity (Wildman–Crippen MR) is 69.7 cm³/mol. The van der Waals surface area contributed by atoms with Crippen LogP contribution in [0.2, 0.25) is 5.02 Å². The number of rotatable bonds is 4. The van der Waals surface area contributed by atoms with Crippen LogP contribution in [-0.4, -0.2) is 32.4 Å². The molecule has 0 heterocycles. The van der Waals surface area contributed by atoms with Crippen LogP contribution in [0.25, 0.3) is 0 Å². The first-order valence-electron chi connectivity index (χ1n) is 5.25. The number of aryl methyl sites for hydroxylation is 1. The van der Waals surface area contributed by atoms with E-state index >= 15 is 0 Å². The summed E-state index contributed by atoms with van der Waals surface area (Å²) in [7, 11) is -2.01. The molecule has 0 radical (unpaired) electrons. The highest BCUT2D eigenvalue weighted by molar-refractivity contribution is 7.89. The van der Waals surface area contributed by atoms with Crippen LogP contribution >= 0.6 is 11.6 Å². The van der Waals surface area contributed by atoms with Gasteiger partial charge in [-0.05, 0) is 31.5 Å².